The predicted molar refractivity (Wildman–Crippen MR) is 146 cm³/mol. The standard InChI is InChI=1S/C26H31ClN6O4S/c1-32(2)26(36)37-13-14-8-19(29-23(34)21-11-15-10-16(27)4-5-17(15)28-21)20(9-14)30-24(35)25-31-18-6-7-33(3)12-22(18)38-25/h4-5,10-11,14,19-20,28H,6-9,12-13H2,1-3H3,(H,29,34)(H,30,35). The molecule has 3 atom stereocenters. The van der Waals surface area contributed by atoms with Crippen molar-refractivity contribution in [1.29, 1.82) is 0 Å². The fraction of sp³-hybridized carbons (Fsp3) is 0.462. The Bertz CT molecular complexity index is 1370. The van der Waals surface area contributed by atoms with E-state index in [0.717, 1.165) is 41.0 Å². The van der Waals surface area contributed by atoms with Crippen LogP contribution in [0.2, 0.25) is 5.02 Å². The molecule has 1 saturated carbocycles. The van der Waals surface area contributed by atoms with Gasteiger partial charge in [0, 0.05) is 66.5 Å². The smallest absolute Gasteiger partial charge is 0.409 e. The van der Waals surface area contributed by atoms with Crippen LogP contribution in [-0.2, 0) is 17.7 Å². The maximum absolute atomic E-state index is 13.2. The first kappa shape index (κ1) is 26.5. The van der Waals surface area contributed by atoms with E-state index in [1.54, 1.807) is 32.3 Å². The molecule has 3 unspecified atom stereocenters. The molecule has 0 radical (unpaired) electrons. The summed E-state index contributed by atoms with van der Waals surface area (Å²) in [6.45, 7) is 1.91. The fourth-order valence-corrected chi connectivity index (χ4v) is 6.31. The molecule has 1 aromatic carbocycles. The lowest BCUT2D eigenvalue weighted by Crippen LogP contribution is -2.48. The molecule has 2 aliphatic rings. The Hall–Kier alpha value is -3.15. The molecule has 12 heteroatoms. The van der Waals surface area contributed by atoms with Crippen molar-refractivity contribution in [3.8, 4) is 0 Å². The molecule has 1 aliphatic carbocycles. The van der Waals surface area contributed by atoms with E-state index in [-0.39, 0.29) is 36.4 Å². The highest BCUT2D eigenvalue weighted by molar-refractivity contribution is 7.13. The van der Waals surface area contributed by atoms with Gasteiger partial charge in [0.2, 0.25) is 0 Å². The first-order valence-corrected chi connectivity index (χ1v) is 13.8. The number of aromatic nitrogens is 2. The number of carbonyl (C=O) groups is 3. The van der Waals surface area contributed by atoms with E-state index in [2.05, 4.69) is 32.5 Å². The van der Waals surface area contributed by atoms with Crippen molar-refractivity contribution < 1.29 is 19.1 Å². The highest BCUT2D eigenvalue weighted by Crippen LogP contribution is 2.29. The third-order valence-corrected chi connectivity index (χ3v) is 8.36. The number of nitrogens with one attached hydrogen (secondary N) is 3. The summed E-state index contributed by atoms with van der Waals surface area (Å²) in [6.07, 6.45) is 1.52. The topological polar surface area (TPSA) is 120 Å². The Labute approximate surface area is 229 Å². The van der Waals surface area contributed by atoms with E-state index in [9.17, 15) is 14.4 Å². The van der Waals surface area contributed by atoms with E-state index in [1.807, 2.05) is 6.07 Å². The lowest BCUT2D eigenvalue weighted by molar-refractivity contribution is 0.0889. The van der Waals surface area contributed by atoms with E-state index < -0.39 is 6.09 Å². The van der Waals surface area contributed by atoms with Crippen LogP contribution in [0.15, 0.2) is 24.3 Å². The van der Waals surface area contributed by atoms with Gasteiger partial charge < -0.3 is 30.2 Å². The van der Waals surface area contributed by atoms with E-state index in [0.29, 0.717) is 28.6 Å². The third-order valence-electron chi connectivity index (χ3n) is 7.04. The first-order chi connectivity index (χ1) is 18.2. The average molecular weight is 559 g/mol. The molecule has 3 heterocycles. The predicted octanol–water partition coefficient (Wildman–Crippen LogP) is 3.27. The van der Waals surface area contributed by atoms with Gasteiger partial charge in [-0.3, -0.25) is 9.59 Å². The van der Waals surface area contributed by atoms with Crippen molar-refractivity contribution in [3.05, 3.63) is 50.6 Å². The van der Waals surface area contributed by atoms with E-state index in [1.165, 1.54) is 16.2 Å². The number of benzene rings is 1. The lowest BCUT2D eigenvalue weighted by Gasteiger charge is -2.21. The van der Waals surface area contributed by atoms with Crippen LogP contribution in [0.4, 0.5) is 4.79 Å². The van der Waals surface area contributed by atoms with Crippen LogP contribution in [0.1, 0.15) is 43.7 Å². The van der Waals surface area contributed by atoms with Crippen LogP contribution in [0, 0.1) is 5.92 Å². The second-order valence-corrected chi connectivity index (χ2v) is 11.8. The van der Waals surface area contributed by atoms with Gasteiger partial charge in [0.15, 0.2) is 5.01 Å². The van der Waals surface area contributed by atoms with Crippen LogP contribution in [0.3, 0.4) is 0 Å². The quantitative estimate of drug-likeness (QED) is 0.427. The summed E-state index contributed by atoms with van der Waals surface area (Å²) in [6, 6.07) is 6.46. The molecule has 3 aromatic rings. The molecule has 3 N–H and O–H groups in total. The summed E-state index contributed by atoms with van der Waals surface area (Å²) >= 11 is 7.51. The number of ether oxygens (including phenoxy) is 1. The van der Waals surface area contributed by atoms with Gasteiger partial charge in [0.05, 0.1) is 12.3 Å². The SMILES string of the molecule is CN1CCc2nc(C(=O)NC3CC(COC(=O)N(C)C)CC3NC(=O)c3cc4cc(Cl)ccc4[nH]3)sc2C1. The zero-order valence-electron chi connectivity index (χ0n) is 21.5. The molecule has 10 nitrogen and oxygen atoms in total. The zero-order chi connectivity index (χ0) is 27.0. The summed E-state index contributed by atoms with van der Waals surface area (Å²) in [5.74, 6) is -0.545. The van der Waals surface area contributed by atoms with Crippen LogP contribution >= 0.6 is 22.9 Å². The number of aromatic amines is 1. The normalized spacial score (nSPS) is 21.2. The molecule has 5 rings (SSSR count). The van der Waals surface area contributed by atoms with E-state index in [4.69, 9.17) is 16.3 Å². The lowest BCUT2D eigenvalue weighted by atomic mass is 10.1. The van der Waals surface area contributed by atoms with Gasteiger partial charge in [-0.1, -0.05) is 11.6 Å². The van der Waals surface area contributed by atoms with Crippen LogP contribution in [0.5, 0.6) is 0 Å². The van der Waals surface area contributed by atoms with Crippen molar-refractivity contribution >= 4 is 51.7 Å². The van der Waals surface area contributed by atoms with Gasteiger partial charge in [-0.25, -0.2) is 9.78 Å². The number of halogens is 1. The molecule has 0 spiro atoms. The van der Waals surface area contributed by atoms with Crippen molar-refractivity contribution in [2.24, 2.45) is 5.92 Å². The second kappa shape index (κ2) is 10.9. The van der Waals surface area contributed by atoms with E-state index >= 15 is 0 Å². The minimum absolute atomic E-state index is 0.0193. The average Bonchev–Trinajstić information content (AvgIpc) is 3.58. The summed E-state index contributed by atoms with van der Waals surface area (Å²) in [5, 5.41) is 8.04. The molecular weight excluding hydrogens is 528 g/mol. The molecular formula is C26H31ClN6O4S. The molecule has 1 aliphatic heterocycles. The highest BCUT2D eigenvalue weighted by atomic mass is 35.5. The fourth-order valence-electron chi connectivity index (χ4n) is 5.04. The van der Waals surface area contributed by atoms with Gasteiger partial charge >= 0.3 is 6.09 Å². The molecule has 202 valence electrons. The van der Waals surface area contributed by atoms with Gasteiger partial charge in [-0.05, 0) is 50.1 Å². The van der Waals surface area contributed by atoms with Crippen molar-refractivity contribution in [3.63, 3.8) is 0 Å². The highest BCUT2D eigenvalue weighted by Gasteiger charge is 2.38. The second-order valence-electron chi connectivity index (χ2n) is 10.3. The first-order valence-electron chi connectivity index (χ1n) is 12.6. The van der Waals surface area contributed by atoms with Gasteiger partial charge in [-0.15, -0.1) is 11.3 Å². The molecule has 0 bridgehead atoms. The molecule has 1 fully saturated rings. The number of rotatable bonds is 6. The molecule has 3 amide bonds. The van der Waals surface area contributed by atoms with Crippen LogP contribution in [-0.4, -0.2) is 84.1 Å². The number of carbonyl (C=O) groups excluding carboxylic acids is 3. The molecule has 0 saturated heterocycles. The minimum Gasteiger partial charge on any atom is -0.449 e. The number of hydrogen-bond donors (Lipinski definition) is 3. The number of amides is 3. The van der Waals surface area contributed by atoms with Crippen LogP contribution < -0.4 is 10.6 Å². The monoisotopic (exact) mass is 558 g/mol. The minimum atomic E-state index is -0.423. The summed E-state index contributed by atoms with van der Waals surface area (Å²) in [4.78, 5) is 50.8. The Kier molecular flexibility index (Phi) is 7.60. The number of nitrogens with zero attached hydrogens (tertiary/aromatic N) is 3. The number of H-pyrrole nitrogens is 1. The summed E-state index contributed by atoms with van der Waals surface area (Å²) < 4.78 is 5.41. The number of hydrogen-bond acceptors (Lipinski definition) is 7. The maximum Gasteiger partial charge on any atom is 0.409 e. The van der Waals surface area contributed by atoms with Crippen LogP contribution in [0.25, 0.3) is 10.9 Å². The molecule has 38 heavy (non-hydrogen) atoms. The van der Waals surface area contributed by atoms with Crippen molar-refractivity contribution in [1.82, 2.24) is 30.4 Å². The number of likely N-dealkylation sites (N-methyl/N-ethyl adjacent to an activating group) is 1. The Morgan fingerprint density at radius 2 is 1.92 bits per heavy atom. The van der Waals surface area contributed by atoms with Crippen molar-refractivity contribution in [2.45, 2.75) is 37.9 Å². The molecule has 2 aromatic heterocycles. The zero-order valence-corrected chi connectivity index (χ0v) is 23.1. The third kappa shape index (κ3) is 5.79. The summed E-state index contributed by atoms with van der Waals surface area (Å²) in [7, 11) is 5.31. The number of fused-ring (bicyclic) bond motifs is 2. The maximum atomic E-state index is 13.2. The van der Waals surface area contributed by atoms with Crippen molar-refractivity contribution in [2.75, 3.05) is 34.3 Å². The van der Waals surface area contributed by atoms with Gasteiger partial charge in [0.1, 0.15) is 5.69 Å². The largest absolute Gasteiger partial charge is 0.449 e. The Morgan fingerprint density at radius 1 is 1.18 bits per heavy atom. The van der Waals surface area contributed by atoms with Gasteiger partial charge in [0.25, 0.3) is 11.8 Å². The number of thiazole rings is 1. The Balaban J connectivity index is 1.30. The Morgan fingerprint density at radius 3 is 2.66 bits per heavy atom. The van der Waals surface area contributed by atoms with Gasteiger partial charge in [-0.2, -0.15) is 0 Å². The summed E-state index contributed by atoms with van der Waals surface area (Å²) in [5.41, 5.74) is 2.20.